The zero-order valence-corrected chi connectivity index (χ0v) is 8.85. The van der Waals surface area contributed by atoms with Gasteiger partial charge < -0.3 is 5.73 Å². The first-order chi connectivity index (χ1) is 5.25. The molecular formula is C8H8INS. The quantitative estimate of drug-likeness (QED) is 0.652. The standard InChI is InChI=1S/C8H8INS/c1-2-3-7(10)8-6(9)4-5-11-8/h1,4-5,7H,3,10H2. The fourth-order valence-electron chi connectivity index (χ4n) is 0.790. The maximum atomic E-state index is 5.81. The zero-order valence-electron chi connectivity index (χ0n) is 5.88. The molecule has 1 nitrogen and oxygen atoms in total. The molecule has 1 rings (SSSR count). The second kappa shape index (κ2) is 4.10. The van der Waals surface area contributed by atoms with Crippen LogP contribution in [-0.2, 0) is 0 Å². The van der Waals surface area contributed by atoms with Gasteiger partial charge in [0, 0.05) is 14.9 Å². The Labute approximate surface area is 84.1 Å². The maximum absolute atomic E-state index is 5.81. The molecular weight excluding hydrogens is 269 g/mol. The summed E-state index contributed by atoms with van der Waals surface area (Å²) in [5.74, 6) is 2.56. The lowest BCUT2D eigenvalue weighted by Crippen LogP contribution is -2.08. The van der Waals surface area contributed by atoms with Gasteiger partial charge in [0.15, 0.2) is 0 Å². The van der Waals surface area contributed by atoms with E-state index in [0.29, 0.717) is 6.42 Å². The van der Waals surface area contributed by atoms with Crippen LogP contribution in [0, 0.1) is 15.9 Å². The zero-order chi connectivity index (χ0) is 8.27. The molecule has 0 spiro atoms. The van der Waals surface area contributed by atoms with E-state index in [4.69, 9.17) is 12.2 Å². The van der Waals surface area contributed by atoms with Crippen molar-refractivity contribution in [3.05, 3.63) is 19.9 Å². The highest BCUT2D eigenvalue weighted by Gasteiger charge is 2.08. The van der Waals surface area contributed by atoms with Crippen molar-refractivity contribution >= 4 is 33.9 Å². The van der Waals surface area contributed by atoms with E-state index in [1.54, 1.807) is 11.3 Å². The van der Waals surface area contributed by atoms with Crippen molar-refractivity contribution in [2.45, 2.75) is 12.5 Å². The van der Waals surface area contributed by atoms with Gasteiger partial charge in [-0.05, 0) is 34.0 Å². The Balaban J connectivity index is 2.77. The van der Waals surface area contributed by atoms with E-state index >= 15 is 0 Å². The minimum atomic E-state index is 0.0203. The van der Waals surface area contributed by atoms with Gasteiger partial charge in [-0.3, -0.25) is 0 Å². The molecule has 0 aliphatic heterocycles. The van der Waals surface area contributed by atoms with Gasteiger partial charge in [-0.25, -0.2) is 0 Å². The van der Waals surface area contributed by atoms with Gasteiger partial charge >= 0.3 is 0 Å². The molecule has 1 aromatic heterocycles. The third kappa shape index (κ3) is 2.19. The number of rotatable bonds is 2. The number of halogens is 1. The van der Waals surface area contributed by atoms with Crippen LogP contribution in [-0.4, -0.2) is 0 Å². The van der Waals surface area contributed by atoms with Gasteiger partial charge in [0.1, 0.15) is 0 Å². The molecule has 0 saturated heterocycles. The van der Waals surface area contributed by atoms with Gasteiger partial charge in [-0.15, -0.1) is 23.7 Å². The molecule has 0 aliphatic carbocycles. The first-order valence-corrected chi connectivity index (χ1v) is 5.13. The van der Waals surface area contributed by atoms with Crippen LogP contribution in [0.4, 0.5) is 0 Å². The predicted octanol–water partition coefficient (Wildman–Crippen LogP) is 2.38. The van der Waals surface area contributed by atoms with Crippen LogP contribution in [0.1, 0.15) is 17.3 Å². The van der Waals surface area contributed by atoms with Crippen molar-refractivity contribution in [1.82, 2.24) is 0 Å². The molecule has 0 fully saturated rings. The molecule has 3 heteroatoms. The van der Waals surface area contributed by atoms with Crippen molar-refractivity contribution in [3.8, 4) is 12.3 Å². The van der Waals surface area contributed by atoms with Gasteiger partial charge in [-0.1, -0.05) is 0 Å². The first-order valence-electron chi connectivity index (χ1n) is 3.17. The van der Waals surface area contributed by atoms with Gasteiger partial charge in [0.25, 0.3) is 0 Å². The highest BCUT2D eigenvalue weighted by molar-refractivity contribution is 14.1. The number of thiophene rings is 1. The highest BCUT2D eigenvalue weighted by Crippen LogP contribution is 2.25. The minimum Gasteiger partial charge on any atom is -0.322 e. The molecule has 0 radical (unpaired) electrons. The first kappa shape index (κ1) is 9.04. The smallest absolute Gasteiger partial charge is 0.0511 e. The van der Waals surface area contributed by atoms with Crippen LogP contribution in [0.3, 0.4) is 0 Å². The Hall–Kier alpha value is -0.0500. The summed E-state index contributed by atoms with van der Waals surface area (Å²) in [4.78, 5) is 1.20. The van der Waals surface area contributed by atoms with E-state index in [1.165, 1.54) is 8.45 Å². The third-order valence-electron chi connectivity index (χ3n) is 1.32. The Morgan fingerprint density at radius 1 is 1.82 bits per heavy atom. The largest absolute Gasteiger partial charge is 0.322 e. The van der Waals surface area contributed by atoms with Gasteiger partial charge in [0.05, 0.1) is 6.04 Å². The molecule has 0 saturated carbocycles. The Morgan fingerprint density at radius 2 is 2.55 bits per heavy atom. The monoisotopic (exact) mass is 277 g/mol. The Kier molecular flexibility index (Phi) is 3.37. The normalized spacial score (nSPS) is 12.5. The fraction of sp³-hybridized carbons (Fsp3) is 0.250. The molecule has 1 unspecified atom stereocenters. The second-order valence-corrected chi connectivity index (χ2v) is 4.26. The molecule has 2 N–H and O–H groups in total. The minimum absolute atomic E-state index is 0.0203. The molecule has 0 aliphatic rings. The fourth-order valence-corrected chi connectivity index (χ4v) is 2.78. The van der Waals surface area contributed by atoms with Crippen molar-refractivity contribution in [2.24, 2.45) is 5.73 Å². The molecule has 11 heavy (non-hydrogen) atoms. The molecule has 1 atom stereocenters. The van der Waals surface area contributed by atoms with E-state index in [1.807, 2.05) is 5.38 Å². The van der Waals surface area contributed by atoms with E-state index in [2.05, 4.69) is 34.6 Å². The van der Waals surface area contributed by atoms with Crippen molar-refractivity contribution in [3.63, 3.8) is 0 Å². The number of hydrogen-bond acceptors (Lipinski definition) is 2. The summed E-state index contributed by atoms with van der Waals surface area (Å²) in [6.45, 7) is 0. The molecule has 58 valence electrons. The second-order valence-electron chi connectivity index (χ2n) is 2.15. The van der Waals surface area contributed by atoms with Crippen molar-refractivity contribution in [1.29, 1.82) is 0 Å². The predicted molar refractivity (Wildman–Crippen MR) is 57.4 cm³/mol. The summed E-state index contributed by atoms with van der Waals surface area (Å²) in [5, 5.41) is 2.04. The molecule has 1 heterocycles. The Bertz CT molecular complexity index is 274. The SMILES string of the molecule is C#CCC(N)c1sccc1I. The number of nitrogens with two attached hydrogens (primary N) is 1. The van der Waals surface area contributed by atoms with E-state index in [9.17, 15) is 0 Å². The lowest BCUT2D eigenvalue weighted by atomic mass is 10.2. The summed E-state index contributed by atoms with van der Waals surface area (Å²) in [6, 6.07) is 2.07. The van der Waals surface area contributed by atoms with Crippen LogP contribution in [0.25, 0.3) is 0 Å². The average Bonchev–Trinajstić information content (AvgIpc) is 2.36. The number of terminal acetylenes is 1. The van der Waals surface area contributed by atoms with E-state index < -0.39 is 0 Å². The Morgan fingerprint density at radius 3 is 3.00 bits per heavy atom. The lowest BCUT2D eigenvalue weighted by molar-refractivity contribution is 0.767. The van der Waals surface area contributed by atoms with Crippen molar-refractivity contribution in [2.75, 3.05) is 0 Å². The highest BCUT2D eigenvalue weighted by atomic mass is 127. The molecule has 1 aromatic rings. The van der Waals surface area contributed by atoms with Crippen LogP contribution in [0.15, 0.2) is 11.4 Å². The number of hydrogen-bond donors (Lipinski definition) is 1. The summed E-state index contributed by atoms with van der Waals surface area (Å²) in [6.07, 6.45) is 5.78. The summed E-state index contributed by atoms with van der Waals surface area (Å²) in [7, 11) is 0. The summed E-state index contributed by atoms with van der Waals surface area (Å²) >= 11 is 3.94. The topological polar surface area (TPSA) is 26.0 Å². The van der Waals surface area contributed by atoms with Crippen LogP contribution >= 0.6 is 33.9 Å². The van der Waals surface area contributed by atoms with Gasteiger partial charge in [0.2, 0.25) is 0 Å². The van der Waals surface area contributed by atoms with E-state index in [-0.39, 0.29) is 6.04 Å². The van der Waals surface area contributed by atoms with Crippen LogP contribution in [0.5, 0.6) is 0 Å². The lowest BCUT2D eigenvalue weighted by Gasteiger charge is -2.04. The molecule has 0 aromatic carbocycles. The van der Waals surface area contributed by atoms with E-state index in [0.717, 1.165) is 0 Å². The molecule has 0 bridgehead atoms. The van der Waals surface area contributed by atoms with Crippen LogP contribution in [0.2, 0.25) is 0 Å². The molecule has 0 amide bonds. The third-order valence-corrected chi connectivity index (χ3v) is 3.67. The summed E-state index contributed by atoms with van der Waals surface area (Å²) in [5.41, 5.74) is 5.81. The summed E-state index contributed by atoms with van der Waals surface area (Å²) < 4.78 is 1.22. The van der Waals surface area contributed by atoms with Gasteiger partial charge in [-0.2, -0.15) is 0 Å². The van der Waals surface area contributed by atoms with Crippen molar-refractivity contribution < 1.29 is 0 Å². The van der Waals surface area contributed by atoms with Crippen LogP contribution < -0.4 is 5.73 Å². The average molecular weight is 277 g/mol. The maximum Gasteiger partial charge on any atom is 0.0511 e.